The summed E-state index contributed by atoms with van der Waals surface area (Å²) in [5.74, 6) is 2.47. The van der Waals surface area contributed by atoms with E-state index in [4.69, 9.17) is 16.3 Å². The average Bonchev–Trinajstić information content (AvgIpc) is 3.54. The summed E-state index contributed by atoms with van der Waals surface area (Å²) in [7, 11) is 1.38. The van der Waals surface area contributed by atoms with Gasteiger partial charge in [0.15, 0.2) is 0 Å². The molecule has 2 unspecified atom stereocenters. The molecule has 6 rings (SSSR count). The van der Waals surface area contributed by atoms with Gasteiger partial charge >= 0.3 is 5.97 Å². The van der Waals surface area contributed by atoms with Crippen molar-refractivity contribution in [1.29, 1.82) is 0 Å². The summed E-state index contributed by atoms with van der Waals surface area (Å²) in [5, 5.41) is 4.20. The van der Waals surface area contributed by atoms with Crippen LogP contribution < -0.4 is 10.2 Å². The van der Waals surface area contributed by atoms with E-state index in [1.165, 1.54) is 55.2 Å². The lowest BCUT2D eigenvalue weighted by Crippen LogP contribution is -2.26. The van der Waals surface area contributed by atoms with E-state index in [1.807, 2.05) is 6.07 Å². The van der Waals surface area contributed by atoms with Gasteiger partial charge in [-0.1, -0.05) is 43.6 Å². The molecule has 3 aromatic rings. The minimum Gasteiger partial charge on any atom is -0.465 e. The molecule has 0 spiro atoms. The number of carbonyl (C=O) groups is 1. The molecule has 1 aliphatic heterocycles. The number of nitrogens with zero attached hydrogens (tertiary/aromatic N) is 2. The third kappa shape index (κ3) is 4.45. The van der Waals surface area contributed by atoms with E-state index in [2.05, 4.69) is 59.4 Å². The number of methoxy groups -OCH3 is 1. The van der Waals surface area contributed by atoms with Gasteiger partial charge in [0, 0.05) is 35.7 Å². The molecule has 0 bridgehead atoms. The molecule has 2 fully saturated rings. The minimum absolute atomic E-state index is 0.316. The third-order valence-corrected chi connectivity index (χ3v) is 9.47. The third-order valence-electron chi connectivity index (χ3n) is 9.12. The van der Waals surface area contributed by atoms with Crippen molar-refractivity contribution in [1.82, 2.24) is 4.98 Å². The van der Waals surface area contributed by atoms with Crippen LogP contribution in [0.3, 0.4) is 0 Å². The molecule has 3 aliphatic rings. The molecule has 2 aromatic carbocycles. The van der Waals surface area contributed by atoms with Crippen molar-refractivity contribution >= 4 is 34.8 Å². The van der Waals surface area contributed by atoms with Crippen LogP contribution in [-0.4, -0.2) is 24.6 Å². The summed E-state index contributed by atoms with van der Waals surface area (Å²) in [6.07, 6.45) is 7.96. The largest absolute Gasteiger partial charge is 0.465 e. The maximum Gasteiger partial charge on any atom is 0.341 e. The van der Waals surface area contributed by atoms with E-state index >= 15 is 0 Å². The Morgan fingerprint density at radius 2 is 1.92 bits per heavy atom. The molecular weight excluding hydrogens is 494 g/mol. The summed E-state index contributed by atoms with van der Waals surface area (Å²) in [6.45, 7) is 6.56. The maximum absolute atomic E-state index is 12.2. The van der Waals surface area contributed by atoms with E-state index in [0.29, 0.717) is 16.8 Å². The van der Waals surface area contributed by atoms with Gasteiger partial charge in [-0.25, -0.2) is 9.78 Å². The predicted molar refractivity (Wildman–Crippen MR) is 153 cm³/mol. The molecule has 0 radical (unpaired) electrons. The Bertz CT molecular complexity index is 1360. The van der Waals surface area contributed by atoms with Gasteiger partial charge in [0.2, 0.25) is 0 Å². The van der Waals surface area contributed by atoms with Crippen molar-refractivity contribution in [3.63, 3.8) is 0 Å². The molecule has 2 aliphatic carbocycles. The van der Waals surface area contributed by atoms with Gasteiger partial charge in [0.05, 0.1) is 7.11 Å². The number of carbonyl (C=O) groups excluding carboxylic acids is 1. The highest BCUT2D eigenvalue weighted by Crippen LogP contribution is 2.59. The summed E-state index contributed by atoms with van der Waals surface area (Å²) < 4.78 is 4.92. The summed E-state index contributed by atoms with van der Waals surface area (Å²) in [5.41, 5.74) is 6.75. The second kappa shape index (κ2) is 9.92. The van der Waals surface area contributed by atoms with Gasteiger partial charge in [0.25, 0.3) is 0 Å². The van der Waals surface area contributed by atoms with Crippen LogP contribution in [0.1, 0.15) is 66.6 Å². The zero-order chi connectivity index (χ0) is 26.4. The van der Waals surface area contributed by atoms with Crippen LogP contribution in [0.25, 0.3) is 0 Å². The van der Waals surface area contributed by atoms with Crippen LogP contribution >= 0.6 is 11.6 Å². The number of anilines is 3. The van der Waals surface area contributed by atoms with Crippen LogP contribution in [0.5, 0.6) is 0 Å². The van der Waals surface area contributed by atoms with Crippen LogP contribution in [0, 0.1) is 17.8 Å². The molecule has 0 saturated heterocycles. The predicted octanol–water partition coefficient (Wildman–Crippen LogP) is 7.54. The summed E-state index contributed by atoms with van der Waals surface area (Å²) in [6, 6.07) is 16.7. The molecule has 2 saturated carbocycles. The van der Waals surface area contributed by atoms with Crippen molar-refractivity contribution in [3.05, 3.63) is 82.0 Å². The number of halogens is 1. The monoisotopic (exact) mass is 529 g/mol. The first-order valence-electron chi connectivity index (χ1n) is 13.8. The van der Waals surface area contributed by atoms with Gasteiger partial charge < -0.3 is 15.0 Å². The number of ether oxygens (including phenoxy) is 1. The van der Waals surface area contributed by atoms with E-state index < -0.39 is 5.97 Å². The fourth-order valence-corrected chi connectivity index (χ4v) is 7.85. The lowest BCUT2D eigenvalue weighted by Gasteiger charge is -2.31. The Morgan fingerprint density at radius 3 is 2.66 bits per heavy atom. The molecule has 2 atom stereocenters. The topological polar surface area (TPSA) is 54.5 Å². The lowest BCUT2D eigenvalue weighted by atomic mass is 9.73. The Morgan fingerprint density at radius 1 is 1.13 bits per heavy atom. The number of benzene rings is 2. The van der Waals surface area contributed by atoms with Crippen molar-refractivity contribution < 1.29 is 9.53 Å². The number of nitrogens with one attached hydrogen (secondary N) is 1. The lowest BCUT2D eigenvalue weighted by molar-refractivity contribution is 0.0601. The van der Waals surface area contributed by atoms with Gasteiger partial charge in [-0.2, -0.15) is 0 Å². The van der Waals surface area contributed by atoms with Gasteiger partial charge in [-0.3, -0.25) is 0 Å². The van der Waals surface area contributed by atoms with Crippen LogP contribution in [0.4, 0.5) is 17.2 Å². The molecule has 38 heavy (non-hydrogen) atoms. The van der Waals surface area contributed by atoms with Crippen molar-refractivity contribution in [2.75, 3.05) is 23.9 Å². The zero-order valence-corrected chi connectivity index (χ0v) is 23.2. The highest BCUT2D eigenvalue weighted by molar-refractivity contribution is 6.31. The van der Waals surface area contributed by atoms with Gasteiger partial charge in [0.1, 0.15) is 11.4 Å². The van der Waals surface area contributed by atoms with Crippen molar-refractivity contribution in [2.45, 2.75) is 57.9 Å². The van der Waals surface area contributed by atoms with E-state index in [-0.39, 0.29) is 0 Å². The van der Waals surface area contributed by atoms with Crippen LogP contribution in [0.2, 0.25) is 5.02 Å². The van der Waals surface area contributed by atoms with E-state index in [0.717, 1.165) is 48.0 Å². The SMILES string of the molecule is COC(=O)c1cccnc1Nc1ccc2c(c1)N(Cc1ccc(C34CC(C)CC3CC(C)C4)cc1Cl)CC2. The van der Waals surface area contributed by atoms with Gasteiger partial charge in [-0.15, -0.1) is 0 Å². The smallest absolute Gasteiger partial charge is 0.341 e. The molecule has 198 valence electrons. The fourth-order valence-electron chi connectivity index (χ4n) is 7.61. The zero-order valence-electron chi connectivity index (χ0n) is 22.5. The average molecular weight is 530 g/mol. The maximum atomic E-state index is 12.2. The number of fused-ring (bicyclic) bond motifs is 2. The first-order valence-corrected chi connectivity index (χ1v) is 14.2. The summed E-state index contributed by atoms with van der Waals surface area (Å²) in [4.78, 5) is 18.9. The Hall–Kier alpha value is -3.05. The van der Waals surface area contributed by atoms with Crippen molar-refractivity contribution in [3.8, 4) is 0 Å². The minimum atomic E-state index is -0.411. The summed E-state index contributed by atoms with van der Waals surface area (Å²) >= 11 is 6.98. The molecule has 0 amide bonds. The quantitative estimate of drug-likeness (QED) is 0.334. The second-order valence-electron chi connectivity index (χ2n) is 11.8. The number of esters is 1. The molecule has 1 N–H and O–H groups in total. The Balaban J connectivity index is 1.22. The van der Waals surface area contributed by atoms with Crippen LogP contribution in [-0.2, 0) is 23.1 Å². The highest BCUT2D eigenvalue weighted by Gasteiger charge is 2.52. The highest BCUT2D eigenvalue weighted by atomic mass is 35.5. The number of rotatable bonds is 6. The first-order chi connectivity index (χ1) is 18.4. The number of aromatic nitrogens is 1. The molecule has 2 heterocycles. The van der Waals surface area contributed by atoms with E-state index in [1.54, 1.807) is 18.3 Å². The Labute approximate surface area is 230 Å². The number of hydrogen-bond acceptors (Lipinski definition) is 5. The first kappa shape index (κ1) is 25.2. The van der Waals surface area contributed by atoms with Crippen LogP contribution in [0.15, 0.2) is 54.7 Å². The molecule has 1 aromatic heterocycles. The van der Waals surface area contributed by atoms with E-state index in [9.17, 15) is 4.79 Å². The molecule has 5 nitrogen and oxygen atoms in total. The van der Waals surface area contributed by atoms with Gasteiger partial charge in [-0.05, 0) is 102 Å². The standard InChI is InChI=1S/C32H36ClN3O2/c1-20-13-25-14-21(2)18-32(25,17-20)24-8-6-23(28(33)15-24)19-36-12-10-22-7-9-26(16-29(22)36)35-30-27(31(37)38-3)5-4-11-34-30/h4-9,11,15-16,20-21,25H,10,12-14,17-19H2,1-3H3,(H,34,35). The number of pyridine rings is 1. The normalized spacial score (nSPS) is 25.8. The Kier molecular flexibility index (Phi) is 6.59. The fraction of sp³-hybridized carbons (Fsp3) is 0.438. The molecular formula is C32H36ClN3O2. The van der Waals surface area contributed by atoms with Crippen molar-refractivity contribution in [2.24, 2.45) is 17.8 Å². The number of hydrogen-bond donors (Lipinski definition) is 1. The second-order valence-corrected chi connectivity index (χ2v) is 12.2. The molecule has 6 heteroatoms.